The summed E-state index contributed by atoms with van der Waals surface area (Å²) in [7, 11) is 1.59. The molecule has 2 heterocycles. The van der Waals surface area contributed by atoms with Gasteiger partial charge >= 0.3 is 0 Å². The van der Waals surface area contributed by atoms with E-state index in [0.29, 0.717) is 34.6 Å². The van der Waals surface area contributed by atoms with Crippen molar-refractivity contribution in [1.82, 2.24) is 25.0 Å². The van der Waals surface area contributed by atoms with Gasteiger partial charge in [0.15, 0.2) is 11.0 Å². The number of methoxy groups -OCH3 is 1. The fraction of sp³-hybridized carbons (Fsp3) is 0.524. The van der Waals surface area contributed by atoms with E-state index >= 15 is 0 Å². The van der Waals surface area contributed by atoms with Crippen molar-refractivity contribution in [3.8, 4) is 5.75 Å². The van der Waals surface area contributed by atoms with Gasteiger partial charge in [0.25, 0.3) is 5.91 Å². The number of hydrogen-bond acceptors (Lipinski definition) is 6. The van der Waals surface area contributed by atoms with Crippen LogP contribution in [0, 0.1) is 0 Å². The average molecular weight is 432 g/mol. The third kappa shape index (κ3) is 5.33. The number of nitrogens with zero attached hydrogens (tertiary/aromatic N) is 4. The predicted molar refractivity (Wildman–Crippen MR) is 116 cm³/mol. The average Bonchev–Trinajstić information content (AvgIpc) is 3.21. The topological polar surface area (TPSA) is 89.4 Å². The number of nitrogens with one attached hydrogen (secondary N) is 1. The van der Waals surface area contributed by atoms with Gasteiger partial charge in [-0.25, -0.2) is 0 Å². The number of rotatable bonds is 8. The Bertz CT molecular complexity index is 862. The van der Waals surface area contributed by atoms with E-state index in [1.165, 1.54) is 18.2 Å². The Labute approximate surface area is 181 Å². The lowest BCUT2D eigenvalue weighted by Crippen LogP contribution is -2.36. The zero-order valence-electron chi connectivity index (χ0n) is 17.8. The highest BCUT2D eigenvalue weighted by Crippen LogP contribution is 2.22. The zero-order chi connectivity index (χ0) is 21.5. The molecule has 1 fully saturated rings. The minimum absolute atomic E-state index is 0.146. The Hall–Kier alpha value is -2.55. The van der Waals surface area contributed by atoms with Gasteiger partial charge in [0.1, 0.15) is 5.75 Å². The molecule has 0 saturated carbocycles. The Kier molecular flexibility index (Phi) is 7.73. The summed E-state index contributed by atoms with van der Waals surface area (Å²) in [6, 6.07) is 6.63. The monoisotopic (exact) mass is 431 g/mol. The van der Waals surface area contributed by atoms with Crippen LogP contribution in [0.1, 0.15) is 55.3 Å². The zero-order valence-corrected chi connectivity index (χ0v) is 18.6. The number of carbonyl (C=O) groups excluding carboxylic acids is 2. The molecule has 1 aliphatic rings. The maximum absolute atomic E-state index is 12.6. The number of benzene rings is 1. The second kappa shape index (κ2) is 10.5. The molecule has 0 radical (unpaired) electrons. The van der Waals surface area contributed by atoms with Gasteiger partial charge in [-0.3, -0.25) is 9.59 Å². The van der Waals surface area contributed by atoms with E-state index in [-0.39, 0.29) is 17.9 Å². The number of amides is 2. The first-order chi connectivity index (χ1) is 14.5. The lowest BCUT2D eigenvalue weighted by molar-refractivity contribution is -0.129. The van der Waals surface area contributed by atoms with Crippen molar-refractivity contribution in [2.75, 3.05) is 26.0 Å². The fourth-order valence-electron chi connectivity index (χ4n) is 3.47. The highest BCUT2D eigenvalue weighted by atomic mass is 32.2. The summed E-state index contributed by atoms with van der Waals surface area (Å²) in [5, 5.41) is 12.2. The summed E-state index contributed by atoms with van der Waals surface area (Å²) in [5.41, 5.74) is 0.548. The molecule has 2 amide bonds. The van der Waals surface area contributed by atoms with Crippen molar-refractivity contribution in [2.24, 2.45) is 0 Å². The van der Waals surface area contributed by atoms with Crippen LogP contribution >= 0.6 is 11.8 Å². The van der Waals surface area contributed by atoms with Crippen LogP contribution in [0.25, 0.3) is 0 Å². The van der Waals surface area contributed by atoms with Crippen molar-refractivity contribution >= 4 is 23.6 Å². The van der Waals surface area contributed by atoms with Crippen LogP contribution in [0.4, 0.5) is 0 Å². The van der Waals surface area contributed by atoms with E-state index in [4.69, 9.17) is 4.74 Å². The number of likely N-dealkylation sites (tertiary alicyclic amines) is 1. The molecule has 0 spiro atoms. The molecule has 1 N–H and O–H groups in total. The van der Waals surface area contributed by atoms with Crippen molar-refractivity contribution < 1.29 is 14.3 Å². The number of aromatic nitrogens is 3. The molecule has 8 nitrogen and oxygen atoms in total. The van der Waals surface area contributed by atoms with Crippen molar-refractivity contribution in [2.45, 2.75) is 50.9 Å². The number of carbonyl (C=O) groups is 2. The largest absolute Gasteiger partial charge is 0.497 e. The molecule has 0 bridgehead atoms. The van der Waals surface area contributed by atoms with Gasteiger partial charge in [0.2, 0.25) is 5.91 Å². The molecule has 1 aromatic carbocycles. The van der Waals surface area contributed by atoms with E-state index in [0.717, 1.165) is 25.9 Å². The summed E-state index contributed by atoms with van der Waals surface area (Å²) >= 11 is 1.40. The van der Waals surface area contributed by atoms with Crippen molar-refractivity contribution in [3.05, 3.63) is 35.7 Å². The molecule has 1 aromatic heterocycles. The second-order valence-corrected chi connectivity index (χ2v) is 8.18. The lowest BCUT2D eigenvalue weighted by atomic mass is 10.1. The Morgan fingerprint density at radius 1 is 1.17 bits per heavy atom. The van der Waals surface area contributed by atoms with Gasteiger partial charge < -0.3 is 19.5 Å². The Morgan fingerprint density at radius 2 is 1.87 bits per heavy atom. The van der Waals surface area contributed by atoms with Crippen LogP contribution < -0.4 is 10.1 Å². The van der Waals surface area contributed by atoms with Crippen LogP contribution in [-0.2, 0) is 11.3 Å². The number of hydrogen-bond donors (Lipinski definition) is 1. The predicted octanol–water partition coefficient (Wildman–Crippen LogP) is 2.90. The first-order valence-corrected chi connectivity index (χ1v) is 11.3. The molecule has 30 heavy (non-hydrogen) atoms. The first kappa shape index (κ1) is 22.1. The maximum Gasteiger partial charge on any atom is 0.251 e. The van der Waals surface area contributed by atoms with Crippen LogP contribution in [0.2, 0.25) is 0 Å². The molecule has 0 aliphatic carbocycles. The van der Waals surface area contributed by atoms with E-state index in [1.807, 2.05) is 23.3 Å². The molecule has 1 atom stereocenters. The minimum atomic E-state index is -0.320. The van der Waals surface area contributed by atoms with Crippen LogP contribution in [0.15, 0.2) is 29.4 Å². The van der Waals surface area contributed by atoms with Gasteiger partial charge in [0.05, 0.1) is 18.9 Å². The van der Waals surface area contributed by atoms with E-state index in [9.17, 15) is 9.59 Å². The van der Waals surface area contributed by atoms with Gasteiger partial charge in [0, 0.05) is 25.2 Å². The Balaban J connectivity index is 1.61. The van der Waals surface area contributed by atoms with Gasteiger partial charge in [-0.15, -0.1) is 10.2 Å². The molecular formula is C21H29N5O3S. The van der Waals surface area contributed by atoms with Gasteiger partial charge in [-0.1, -0.05) is 11.8 Å². The standard InChI is InChI=1S/C21H29N5O3S/c1-4-26-19(15(2)22-20(28)16-8-10-17(29-3)11-9-16)23-24-21(26)30-14-18(27)25-12-6-5-7-13-25/h8-11,15H,4-7,12-14H2,1-3H3,(H,22,28)/t15-/m1/s1. The molecule has 162 valence electrons. The number of piperidine rings is 1. The van der Waals surface area contributed by atoms with Crippen molar-refractivity contribution in [3.63, 3.8) is 0 Å². The SMILES string of the molecule is CCn1c(SCC(=O)N2CCCCC2)nnc1[C@@H](C)NC(=O)c1ccc(OC)cc1. The quantitative estimate of drug-likeness (QED) is 0.647. The molecule has 0 unspecified atom stereocenters. The normalized spacial score (nSPS) is 15.0. The van der Waals surface area contributed by atoms with Gasteiger partial charge in [-0.2, -0.15) is 0 Å². The molecule has 3 rings (SSSR count). The third-order valence-corrected chi connectivity index (χ3v) is 6.13. The summed E-state index contributed by atoms with van der Waals surface area (Å²) in [6.07, 6.45) is 3.36. The fourth-order valence-corrected chi connectivity index (χ4v) is 4.38. The number of ether oxygens (including phenoxy) is 1. The van der Waals surface area contributed by atoms with Crippen LogP contribution in [-0.4, -0.2) is 57.4 Å². The lowest BCUT2D eigenvalue weighted by Gasteiger charge is -2.26. The summed E-state index contributed by atoms with van der Waals surface area (Å²) in [6.45, 7) is 6.23. The molecule has 1 aliphatic heterocycles. The highest BCUT2D eigenvalue weighted by molar-refractivity contribution is 7.99. The number of thioether (sulfide) groups is 1. The second-order valence-electron chi connectivity index (χ2n) is 7.24. The molecular weight excluding hydrogens is 402 g/mol. The Morgan fingerprint density at radius 3 is 2.50 bits per heavy atom. The highest BCUT2D eigenvalue weighted by Gasteiger charge is 2.22. The molecule has 9 heteroatoms. The summed E-state index contributed by atoms with van der Waals surface area (Å²) in [4.78, 5) is 26.9. The van der Waals surface area contributed by atoms with Crippen LogP contribution in [0.5, 0.6) is 5.75 Å². The summed E-state index contributed by atoms with van der Waals surface area (Å²) in [5.74, 6) is 1.68. The van der Waals surface area contributed by atoms with E-state index in [1.54, 1.807) is 31.4 Å². The van der Waals surface area contributed by atoms with Gasteiger partial charge in [-0.05, 0) is 57.4 Å². The summed E-state index contributed by atoms with van der Waals surface area (Å²) < 4.78 is 7.08. The van der Waals surface area contributed by atoms with E-state index < -0.39 is 0 Å². The van der Waals surface area contributed by atoms with E-state index in [2.05, 4.69) is 15.5 Å². The third-order valence-electron chi connectivity index (χ3n) is 5.18. The minimum Gasteiger partial charge on any atom is -0.497 e. The molecule has 1 saturated heterocycles. The van der Waals surface area contributed by atoms with Crippen molar-refractivity contribution in [1.29, 1.82) is 0 Å². The van der Waals surface area contributed by atoms with Crippen LogP contribution in [0.3, 0.4) is 0 Å². The first-order valence-electron chi connectivity index (χ1n) is 10.3. The smallest absolute Gasteiger partial charge is 0.251 e. The molecule has 2 aromatic rings. The maximum atomic E-state index is 12.6.